The van der Waals surface area contributed by atoms with Gasteiger partial charge in [-0.25, -0.2) is 0 Å². The van der Waals surface area contributed by atoms with Gasteiger partial charge < -0.3 is 24.6 Å². The summed E-state index contributed by atoms with van der Waals surface area (Å²) in [5, 5.41) is 4.21. The first-order valence-electron chi connectivity index (χ1n) is 11.8. The quantitative estimate of drug-likeness (QED) is 0.484. The monoisotopic (exact) mass is 484 g/mol. The van der Waals surface area contributed by atoms with Gasteiger partial charge in [0.1, 0.15) is 0 Å². The molecular weight excluding hydrogens is 456 g/mol. The maximum absolute atomic E-state index is 5.89. The van der Waals surface area contributed by atoms with Gasteiger partial charge >= 0.3 is 0 Å². The van der Waals surface area contributed by atoms with E-state index in [1.807, 2.05) is 36.5 Å². The minimum Gasteiger partial charge on any atom is -0.454 e. The highest BCUT2D eigenvalue weighted by molar-refractivity contribution is 7.80. The average Bonchev–Trinajstić information content (AvgIpc) is 3.46. The Hall–Kier alpha value is -3.58. The fraction of sp³-hybridized carbons (Fsp3) is 0.286. The van der Waals surface area contributed by atoms with Crippen LogP contribution in [0.5, 0.6) is 11.5 Å². The van der Waals surface area contributed by atoms with Gasteiger partial charge in [-0.2, -0.15) is 0 Å². The van der Waals surface area contributed by atoms with Crippen molar-refractivity contribution in [2.45, 2.75) is 38.4 Å². The zero-order valence-corrected chi connectivity index (χ0v) is 21.1. The lowest BCUT2D eigenvalue weighted by Crippen LogP contribution is -2.42. The van der Waals surface area contributed by atoms with Crippen LogP contribution in [0.2, 0.25) is 0 Å². The smallest absolute Gasteiger partial charge is 0.231 e. The fourth-order valence-electron chi connectivity index (χ4n) is 5.37. The Balaban J connectivity index is 1.49. The number of aromatic nitrogens is 1. The van der Waals surface area contributed by atoms with Crippen molar-refractivity contribution >= 4 is 34.3 Å². The summed E-state index contributed by atoms with van der Waals surface area (Å²) in [6, 6.07) is 18.6. The number of nitrogens with zero attached hydrogens (tertiary/aromatic N) is 3. The summed E-state index contributed by atoms with van der Waals surface area (Å²) < 4.78 is 11.2. The molecule has 0 amide bonds. The molecular formula is C28H28N4O2S. The Kier molecular flexibility index (Phi) is 5.00. The fourth-order valence-corrected chi connectivity index (χ4v) is 5.71. The number of fused-ring (bicyclic) bond motifs is 2. The number of anilines is 2. The molecule has 3 aliphatic heterocycles. The second-order valence-corrected chi connectivity index (χ2v) is 10.2. The Morgan fingerprint density at radius 2 is 1.89 bits per heavy atom. The second-order valence-electron chi connectivity index (χ2n) is 9.85. The number of allylic oxidation sites excluding steroid dienone is 1. The van der Waals surface area contributed by atoms with Crippen LogP contribution < -0.4 is 24.6 Å². The first kappa shape index (κ1) is 21.9. The molecule has 0 unspecified atom stereocenters. The summed E-state index contributed by atoms with van der Waals surface area (Å²) in [5.41, 5.74) is 6.80. The molecule has 0 aliphatic carbocycles. The summed E-state index contributed by atoms with van der Waals surface area (Å²) in [7, 11) is 2.16. The van der Waals surface area contributed by atoms with E-state index in [1.165, 1.54) is 22.4 Å². The lowest BCUT2D eigenvalue weighted by atomic mass is 9.86. The molecule has 0 spiro atoms. The van der Waals surface area contributed by atoms with E-state index in [0.717, 1.165) is 22.9 Å². The number of ether oxygens (including phenoxy) is 2. The first-order valence-corrected chi connectivity index (χ1v) is 12.2. The van der Waals surface area contributed by atoms with Crippen LogP contribution in [0.3, 0.4) is 0 Å². The van der Waals surface area contributed by atoms with E-state index in [9.17, 15) is 0 Å². The Labute approximate surface area is 211 Å². The van der Waals surface area contributed by atoms with Crippen molar-refractivity contribution < 1.29 is 9.47 Å². The third-order valence-electron chi connectivity index (χ3n) is 7.31. The molecule has 0 bridgehead atoms. The van der Waals surface area contributed by atoms with Crippen molar-refractivity contribution in [1.82, 2.24) is 10.3 Å². The Morgan fingerprint density at radius 1 is 1.06 bits per heavy atom. The van der Waals surface area contributed by atoms with Crippen LogP contribution >= 0.6 is 12.2 Å². The molecule has 1 aromatic heterocycles. The van der Waals surface area contributed by atoms with E-state index < -0.39 is 0 Å². The zero-order chi connectivity index (χ0) is 24.3. The minimum atomic E-state index is -0.103. The predicted octanol–water partition coefficient (Wildman–Crippen LogP) is 5.62. The van der Waals surface area contributed by atoms with Crippen LogP contribution in [-0.2, 0) is 0 Å². The van der Waals surface area contributed by atoms with Gasteiger partial charge in [-0.1, -0.05) is 18.2 Å². The molecule has 4 heterocycles. The molecule has 178 valence electrons. The number of rotatable bonds is 3. The maximum Gasteiger partial charge on any atom is 0.231 e. The first-order chi connectivity index (χ1) is 16.8. The number of hydrogen-bond donors (Lipinski definition) is 1. The molecule has 0 saturated carbocycles. The van der Waals surface area contributed by atoms with Gasteiger partial charge in [-0.15, -0.1) is 0 Å². The Morgan fingerprint density at radius 3 is 2.69 bits per heavy atom. The molecule has 35 heavy (non-hydrogen) atoms. The van der Waals surface area contributed by atoms with Crippen molar-refractivity contribution in [3.05, 3.63) is 83.7 Å². The third kappa shape index (κ3) is 3.53. The van der Waals surface area contributed by atoms with Gasteiger partial charge in [-0.3, -0.25) is 4.98 Å². The number of thiocarbonyl (C=S) groups is 1. The summed E-state index contributed by atoms with van der Waals surface area (Å²) in [6.07, 6.45) is 4.17. The predicted molar refractivity (Wildman–Crippen MR) is 143 cm³/mol. The molecule has 1 N–H and O–H groups in total. The Bertz CT molecular complexity index is 1350. The van der Waals surface area contributed by atoms with Crippen LogP contribution in [0, 0.1) is 0 Å². The van der Waals surface area contributed by atoms with Crippen molar-refractivity contribution in [2.75, 3.05) is 23.6 Å². The normalized spacial score (nSPS) is 22.1. The molecule has 3 aliphatic rings. The topological polar surface area (TPSA) is 49.9 Å². The van der Waals surface area contributed by atoms with Crippen molar-refractivity contribution in [2.24, 2.45) is 0 Å². The van der Waals surface area contributed by atoms with Crippen molar-refractivity contribution in [1.29, 1.82) is 0 Å². The van der Waals surface area contributed by atoms with Gasteiger partial charge in [0.15, 0.2) is 16.6 Å². The highest BCUT2D eigenvalue weighted by Gasteiger charge is 2.41. The van der Waals surface area contributed by atoms with E-state index in [4.69, 9.17) is 21.7 Å². The highest BCUT2D eigenvalue weighted by atomic mass is 32.1. The minimum absolute atomic E-state index is 0.0376. The molecule has 3 aromatic rings. The number of benzene rings is 2. The van der Waals surface area contributed by atoms with Crippen LogP contribution in [0.15, 0.2) is 66.9 Å². The van der Waals surface area contributed by atoms with Crippen molar-refractivity contribution in [3.63, 3.8) is 0 Å². The SMILES string of the molecule is CC1=CC(C)(C)N(C)c2ccc([C@H]3[C@@H](c4ccccn4)NC(=S)N3c3ccc4c(c3)OCO4)cc21. The second kappa shape index (κ2) is 7.99. The molecule has 2 atom stereocenters. The van der Waals surface area contributed by atoms with E-state index >= 15 is 0 Å². The van der Waals surface area contributed by atoms with E-state index in [0.29, 0.717) is 5.11 Å². The summed E-state index contributed by atoms with van der Waals surface area (Å²) >= 11 is 5.89. The molecule has 2 aromatic carbocycles. The number of nitrogens with one attached hydrogen (secondary N) is 1. The van der Waals surface area contributed by atoms with Crippen molar-refractivity contribution in [3.8, 4) is 11.5 Å². The van der Waals surface area contributed by atoms with Gasteiger partial charge in [0.05, 0.1) is 23.3 Å². The van der Waals surface area contributed by atoms with Gasteiger partial charge in [-0.05, 0) is 80.5 Å². The van der Waals surface area contributed by atoms with Crippen LogP contribution in [0.25, 0.3) is 5.57 Å². The molecule has 0 radical (unpaired) electrons. The molecule has 1 saturated heterocycles. The molecule has 7 heteroatoms. The maximum atomic E-state index is 5.89. The van der Waals surface area contributed by atoms with E-state index in [1.54, 1.807) is 0 Å². The largest absolute Gasteiger partial charge is 0.454 e. The average molecular weight is 485 g/mol. The number of likely N-dealkylation sites (N-methyl/N-ethyl adjacent to an activating group) is 1. The third-order valence-corrected chi connectivity index (χ3v) is 7.63. The summed E-state index contributed by atoms with van der Waals surface area (Å²) in [4.78, 5) is 9.19. The molecule has 6 rings (SSSR count). The van der Waals surface area contributed by atoms with Gasteiger partial charge in [0.2, 0.25) is 6.79 Å². The van der Waals surface area contributed by atoms with Crippen LogP contribution in [-0.4, -0.2) is 29.5 Å². The van der Waals surface area contributed by atoms with Crippen LogP contribution in [0.1, 0.15) is 49.7 Å². The number of pyridine rings is 1. The lowest BCUT2D eigenvalue weighted by Gasteiger charge is -2.41. The standard InChI is InChI=1S/C28H28N4O2S/c1-17-15-28(2,3)31(4)22-10-8-18(13-20(17)22)26-25(21-7-5-6-12-29-21)30-27(35)32(26)19-9-11-23-24(14-19)34-16-33-23/h5-15,25-26H,16H2,1-4H3,(H,30,35)/t25-,26+/m1/s1. The van der Waals surface area contributed by atoms with E-state index in [-0.39, 0.29) is 24.4 Å². The van der Waals surface area contributed by atoms with E-state index in [2.05, 4.69) is 78.3 Å². The van der Waals surface area contributed by atoms with Gasteiger partial charge in [0.25, 0.3) is 0 Å². The zero-order valence-electron chi connectivity index (χ0n) is 20.3. The highest BCUT2D eigenvalue weighted by Crippen LogP contribution is 2.46. The number of hydrogen-bond acceptors (Lipinski definition) is 5. The van der Waals surface area contributed by atoms with Crippen LogP contribution in [0.4, 0.5) is 11.4 Å². The molecule has 1 fully saturated rings. The molecule has 6 nitrogen and oxygen atoms in total. The van der Waals surface area contributed by atoms with Gasteiger partial charge in [0, 0.05) is 36.2 Å². The summed E-state index contributed by atoms with van der Waals surface area (Å²) in [6.45, 7) is 6.92. The lowest BCUT2D eigenvalue weighted by molar-refractivity contribution is 0.174. The summed E-state index contributed by atoms with van der Waals surface area (Å²) in [5.74, 6) is 1.49.